The molecule has 1 saturated heterocycles. The molecule has 0 radical (unpaired) electrons. The number of rotatable bonds is 3. The number of hydrogen-bond donors (Lipinski definition) is 1. The van der Waals surface area contributed by atoms with Crippen LogP contribution in [-0.2, 0) is 4.79 Å². The van der Waals surface area contributed by atoms with E-state index in [2.05, 4.69) is 5.32 Å². The van der Waals surface area contributed by atoms with Crippen LogP contribution >= 0.6 is 0 Å². The van der Waals surface area contributed by atoms with Gasteiger partial charge in [0.1, 0.15) is 11.6 Å². The smallest absolute Gasteiger partial charge is 0.240 e. The Hall–Kier alpha value is -1.82. The van der Waals surface area contributed by atoms with Crippen LogP contribution in [-0.4, -0.2) is 41.8 Å². The van der Waals surface area contributed by atoms with E-state index in [0.29, 0.717) is 13.1 Å². The number of benzene rings is 1. The molecule has 2 rings (SSSR count). The van der Waals surface area contributed by atoms with Crippen LogP contribution in [0.1, 0.15) is 24.2 Å². The third kappa shape index (κ3) is 2.70. The van der Waals surface area contributed by atoms with Gasteiger partial charge in [-0.3, -0.25) is 14.5 Å². The minimum atomic E-state index is -0.849. The number of carbonyl (C=O) groups is 2. The molecular formula is C14H16F2N2O2. The Balaban J connectivity index is 2.19. The van der Waals surface area contributed by atoms with Gasteiger partial charge in [-0.25, -0.2) is 8.78 Å². The van der Waals surface area contributed by atoms with Crippen LogP contribution in [0.4, 0.5) is 8.78 Å². The maximum Gasteiger partial charge on any atom is 0.240 e. The fourth-order valence-corrected chi connectivity index (χ4v) is 2.19. The van der Waals surface area contributed by atoms with Gasteiger partial charge in [0, 0.05) is 13.1 Å². The predicted octanol–water partition coefficient (Wildman–Crippen LogP) is 1.36. The summed E-state index contributed by atoms with van der Waals surface area (Å²) in [5.41, 5.74) is -1.13. The molecule has 4 nitrogen and oxygen atoms in total. The molecule has 0 spiro atoms. The summed E-state index contributed by atoms with van der Waals surface area (Å²) in [5, 5.41) is 2.71. The molecule has 1 aromatic rings. The van der Waals surface area contributed by atoms with E-state index in [0.717, 1.165) is 18.2 Å². The number of hydrogen-bond acceptors (Lipinski definition) is 3. The molecule has 0 aromatic heterocycles. The zero-order valence-corrected chi connectivity index (χ0v) is 11.4. The molecule has 20 heavy (non-hydrogen) atoms. The second-order valence-electron chi connectivity index (χ2n) is 5.28. The molecule has 1 heterocycles. The summed E-state index contributed by atoms with van der Waals surface area (Å²) in [6.45, 7) is 4.18. The lowest BCUT2D eigenvalue weighted by molar-refractivity contribution is -0.134. The topological polar surface area (TPSA) is 49.4 Å². The van der Waals surface area contributed by atoms with Crippen LogP contribution in [0, 0.1) is 11.6 Å². The molecule has 0 atom stereocenters. The fourth-order valence-electron chi connectivity index (χ4n) is 2.19. The number of nitrogens with one attached hydrogen (secondary N) is 1. The maximum absolute atomic E-state index is 13.6. The molecule has 1 amide bonds. The first-order valence-electron chi connectivity index (χ1n) is 6.34. The van der Waals surface area contributed by atoms with Crippen molar-refractivity contribution in [2.75, 3.05) is 19.6 Å². The third-order valence-corrected chi connectivity index (χ3v) is 3.58. The highest BCUT2D eigenvalue weighted by Gasteiger charge is 2.38. The molecule has 1 N–H and O–H groups in total. The molecule has 1 aromatic carbocycles. The summed E-state index contributed by atoms with van der Waals surface area (Å²) in [6.07, 6.45) is 0. The standard InChI is InChI=1S/C14H16F2N2O2/c1-14(2)13(20)17-5-6-18(14)8-12(19)10-7-9(15)3-4-11(10)16/h3-4,7H,5-6,8H2,1-2H3,(H,17,20). The molecular weight excluding hydrogens is 266 g/mol. The van der Waals surface area contributed by atoms with Crippen molar-refractivity contribution in [1.82, 2.24) is 10.2 Å². The lowest BCUT2D eigenvalue weighted by Crippen LogP contribution is -2.62. The SMILES string of the molecule is CC1(C)C(=O)NCCN1CC(=O)c1cc(F)ccc1F. The van der Waals surface area contributed by atoms with Crippen molar-refractivity contribution in [3.05, 3.63) is 35.4 Å². The summed E-state index contributed by atoms with van der Waals surface area (Å²) < 4.78 is 26.7. The van der Waals surface area contributed by atoms with E-state index < -0.39 is 23.0 Å². The second kappa shape index (κ2) is 5.28. The van der Waals surface area contributed by atoms with Gasteiger partial charge in [-0.1, -0.05) is 0 Å². The van der Waals surface area contributed by atoms with E-state index in [9.17, 15) is 18.4 Å². The molecule has 0 bridgehead atoms. The van der Waals surface area contributed by atoms with Crippen molar-refractivity contribution < 1.29 is 18.4 Å². The Morgan fingerprint density at radius 2 is 2.10 bits per heavy atom. The first-order chi connectivity index (χ1) is 9.32. The normalized spacial score (nSPS) is 18.7. The molecule has 1 aliphatic rings. The fraction of sp³-hybridized carbons (Fsp3) is 0.429. The van der Waals surface area contributed by atoms with E-state index in [4.69, 9.17) is 0 Å². The molecule has 6 heteroatoms. The van der Waals surface area contributed by atoms with Gasteiger partial charge >= 0.3 is 0 Å². The largest absolute Gasteiger partial charge is 0.353 e. The monoisotopic (exact) mass is 282 g/mol. The number of carbonyl (C=O) groups excluding carboxylic acids is 2. The highest BCUT2D eigenvalue weighted by Crippen LogP contribution is 2.19. The van der Waals surface area contributed by atoms with E-state index >= 15 is 0 Å². The van der Waals surface area contributed by atoms with Crippen molar-refractivity contribution in [1.29, 1.82) is 0 Å². The van der Waals surface area contributed by atoms with E-state index in [-0.39, 0.29) is 18.0 Å². The quantitative estimate of drug-likeness (QED) is 0.852. The molecule has 1 fully saturated rings. The average Bonchev–Trinajstić information content (AvgIpc) is 2.38. The van der Waals surface area contributed by atoms with Crippen molar-refractivity contribution in [2.45, 2.75) is 19.4 Å². The molecule has 0 aliphatic carbocycles. The van der Waals surface area contributed by atoms with Gasteiger partial charge in [-0.05, 0) is 32.0 Å². The Labute approximate surface area is 115 Å². The molecule has 1 aliphatic heterocycles. The van der Waals surface area contributed by atoms with Crippen LogP contribution in [0.15, 0.2) is 18.2 Å². The van der Waals surface area contributed by atoms with Crippen LogP contribution in [0.2, 0.25) is 0 Å². The third-order valence-electron chi connectivity index (χ3n) is 3.58. The lowest BCUT2D eigenvalue weighted by atomic mass is 9.97. The van der Waals surface area contributed by atoms with E-state index in [1.54, 1.807) is 18.7 Å². The predicted molar refractivity (Wildman–Crippen MR) is 69.4 cm³/mol. The highest BCUT2D eigenvalue weighted by atomic mass is 19.1. The number of amides is 1. The van der Waals surface area contributed by atoms with Crippen molar-refractivity contribution in [3.63, 3.8) is 0 Å². The van der Waals surface area contributed by atoms with Crippen LogP contribution in [0.5, 0.6) is 0 Å². The molecule has 108 valence electrons. The van der Waals surface area contributed by atoms with Crippen LogP contribution in [0.3, 0.4) is 0 Å². The average molecular weight is 282 g/mol. The Bertz CT molecular complexity index is 558. The van der Waals surface area contributed by atoms with Crippen molar-refractivity contribution >= 4 is 11.7 Å². The van der Waals surface area contributed by atoms with Gasteiger partial charge < -0.3 is 5.32 Å². The summed E-state index contributed by atoms with van der Waals surface area (Å²) in [6, 6.07) is 2.77. The van der Waals surface area contributed by atoms with Crippen LogP contribution < -0.4 is 5.32 Å². The van der Waals surface area contributed by atoms with Gasteiger partial charge in [0.05, 0.1) is 17.6 Å². The first kappa shape index (κ1) is 14.6. The lowest BCUT2D eigenvalue weighted by Gasteiger charge is -2.40. The van der Waals surface area contributed by atoms with Gasteiger partial charge in [0.15, 0.2) is 5.78 Å². The van der Waals surface area contributed by atoms with E-state index in [1.807, 2.05) is 0 Å². The summed E-state index contributed by atoms with van der Waals surface area (Å²) >= 11 is 0. The minimum Gasteiger partial charge on any atom is -0.353 e. The Morgan fingerprint density at radius 3 is 2.80 bits per heavy atom. The first-order valence-corrected chi connectivity index (χ1v) is 6.34. The zero-order chi connectivity index (χ0) is 14.9. The summed E-state index contributed by atoms with van der Waals surface area (Å²) in [5.74, 6) is -2.14. The number of halogens is 2. The van der Waals surface area contributed by atoms with Crippen molar-refractivity contribution in [3.8, 4) is 0 Å². The minimum absolute atomic E-state index is 0.124. The van der Waals surface area contributed by atoms with Gasteiger partial charge in [-0.2, -0.15) is 0 Å². The maximum atomic E-state index is 13.6. The number of Topliss-reactive ketones (excluding diaryl/α,β-unsaturated/α-hetero) is 1. The van der Waals surface area contributed by atoms with Crippen LogP contribution in [0.25, 0.3) is 0 Å². The van der Waals surface area contributed by atoms with Gasteiger partial charge in [0.25, 0.3) is 0 Å². The number of nitrogens with zero attached hydrogens (tertiary/aromatic N) is 1. The summed E-state index contributed by atoms with van der Waals surface area (Å²) in [4.78, 5) is 25.5. The Morgan fingerprint density at radius 1 is 1.40 bits per heavy atom. The van der Waals surface area contributed by atoms with E-state index in [1.165, 1.54) is 0 Å². The summed E-state index contributed by atoms with van der Waals surface area (Å²) in [7, 11) is 0. The zero-order valence-electron chi connectivity index (χ0n) is 11.4. The second-order valence-corrected chi connectivity index (χ2v) is 5.28. The molecule has 0 unspecified atom stereocenters. The Kier molecular flexibility index (Phi) is 3.85. The van der Waals surface area contributed by atoms with Crippen molar-refractivity contribution in [2.24, 2.45) is 0 Å². The van der Waals surface area contributed by atoms with Gasteiger partial charge in [-0.15, -0.1) is 0 Å². The number of ketones is 1. The van der Waals surface area contributed by atoms with Gasteiger partial charge in [0.2, 0.25) is 5.91 Å². The molecule has 0 saturated carbocycles. The number of piperazine rings is 1. The highest BCUT2D eigenvalue weighted by molar-refractivity contribution is 5.98.